The minimum atomic E-state index is -0.737. The molecule has 1 heterocycles. The molecule has 0 spiro atoms. The van der Waals surface area contributed by atoms with E-state index < -0.39 is 24.2 Å². The first-order valence-electron chi connectivity index (χ1n) is 13.3. The highest BCUT2D eigenvalue weighted by atomic mass is 32.2. The van der Waals surface area contributed by atoms with Gasteiger partial charge in [0.1, 0.15) is 12.1 Å². The number of thioether (sulfide) groups is 1. The summed E-state index contributed by atoms with van der Waals surface area (Å²) in [6, 6.07) is 4.75. The van der Waals surface area contributed by atoms with Gasteiger partial charge in [0.15, 0.2) is 0 Å². The third-order valence-corrected chi connectivity index (χ3v) is 7.90. The molecular weight excluding hydrogens is 504 g/mol. The molecular formula is C28H44N4O5S. The van der Waals surface area contributed by atoms with Gasteiger partial charge in [-0.25, -0.2) is 4.79 Å². The first kappa shape index (κ1) is 31.6. The van der Waals surface area contributed by atoms with Crippen molar-refractivity contribution in [1.82, 2.24) is 20.9 Å². The van der Waals surface area contributed by atoms with Crippen molar-refractivity contribution in [2.75, 3.05) is 25.7 Å². The molecule has 38 heavy (non-hydrogen) atoms. The van der Waals surface area contributed by atoms with E-state index >= 15 is 0 Å². The zero-order chi connectivity index (χ0) is 28.2. The van der Waals surface area contributed by atoms with Crippen LogP contribution in [0.1, 0.15) is 62.6 Å². The molecule has 1 aromatic carbocycles. The highest BCUT2D eigenvalue weighted by Crippen LogP contribution is 2.20. The summed E-state index contributed by atoms with van der Waals surface area (Å²) < 4.78 is 4.90. The van der Waals surface area contributed by atoms with Crippen molar-refractivity contribution < 1.29 is 23.9 Å². The molecule has 10 heteroatoms. The van der Waals surface area contributed by atoms with Gasteiger partial charge in [-0.15, -0.1) is 0 Å². The first-order chi connectivity index (χ1) is 18.1. The molecule has 1 aromatic rings. The molecule has 1 unspecified atom stereocenters. The van der Waals surface area contributed by atoms with Crippen LogP contribution in [0.25, 0.3) is 0 Å². The van der Waals surface area contributed by atoms with Gasteiger partial charge in [-0.05, 0) is 67.7 Å². The summed E-state index contributed by atoms with van der Waals surface area (Å²) in [6.45, 7) is 8.72. The van der Waals surface area contributed by atoms with Crippen LogP contribution >= 0.6 is 11.8 Å². The Balaban J connectivity index is 2.33. The molecule has 0 radical (unpaired) electrons. The number of ether oxygens (including phenoxy) is 1. The van der Waals surface area contributed by atoms with Crippen LogP contribution in [-0.2, 0) is 30.5 Å². The number of benzene rings is 1. The largest absolute Gasteiger partial charge is 0.467 e. The molecule has 3 N–H and O–H groups in total. The average Bonchev–Trinajstić information content (AvgIpc) is 3.34. The van der Waals surface area contributed by atoms with Crippen molar-refractivity contribution in [3.63, 3.8) is 0 Å². The first-order valence-corrected chi connectivity index (χ1v) is 14.7. The number of rotatable bonds is 15. The summed E-state index contributed by atoms with van der Waals surface area (Å²) in [5, 5.41) is 8.70. The van der Waals surface area contributed by atoms with Gasteiger partial charge in [-0.3, -0.25) is 19.3 Å². The molecule has 9 nitrogen and oxygen atoms in total. The van der Waals surface area contributed by atoms with Crippen LogP contribution in [0.5, 0.6) is 0 Å². The second-order valence-electron chi connectivity index (χ2n) is 10.1. The maximum absolute atomic E-state index is 13.3. The molecule has 1 aliphatic heterocycles. The molecule has 0 bridgehead atoms. The number of nitrogens with one attached hydrogen (secondary N) is 3. The van der Waals surface area contributed by atoms with E-state index in [-0.39, 0.29) is 30.2 Å². The van der Waals surface area contributed by atoms with E-state index in [0.717, 1.165) is 23.1 Å². The van der Waals surface area contributed by atoms with E-state index in [9.17, 15) is 19.2 Å². The Morgan fingerprint density at radius 3 is 2.58 bits per heavy atom. The fraction of sp³-hybridized carbons (Fsp3) is 0.643. The van der Waals surface area contributed by atoms with E-state index in [1.165, 1.54) is 7.11 Å². The Morgan fingerprint density at radius 2 is 1.97 bits per heavy atom. The van der Waals surface area contributed by atoms with Crippen molar-refractivity contribution in [3.05, 3.63) is 34.9 Å². The van der Waals surface area contributed by atoms with Gasteiger partial charge in [0.25, 0.3) is 0 Å². The predicted octanol–water partition coefficient (Wildman–Crippen LogP) is 2.67. The minimum Gasteiger partial charge on any atom is -0.467 e. The average molecular weight is 549 g/mol. The second kappa shape index (κ2) is 15.7. The number of aryl methyl sites for hydroxylation is 1. The molecule has 1 saturated heterocycles. The smallest absolute Gasteiger partial charge is 0.328 e. The minimum absolute atomic E-state index is 0.0153. The number of hydrogen-bond donors (Lipinski definition) is 3. The molecule has 4 atom stereocenters. The molecule has 1 aliphatic rings. The molecule has 212 valence electrons. The van der Waals surface area contributed by atoms with Crippen molar-refractivity contribution in [2.24, 2.45) is 5.92 Å². The molecule has 0 aliphatic carbocycles. The van der Waals surface area contributed by atoms with Gasteiger partial charge in [0.05, 0.1) is 19.8 Å². The lowest BCUT2D eigenvalue weighted by Gasteiger charge is -2.35. The Labute approximate surface area is 231 Å². The van der Waals surface area contributed by atoms with Gasteiger partial charge >= 0.3 is 5.97 Å². The molecule has 1 fully saturated rings. The van der Waals surface area contributed by atoms with Crippen LogP contribution in [-0.4, -0.2) is 72.5 Å². The number of nitrogens with zero attached hydrogens (tertiary/aromatic N) is 1. The van der Waals surface area contributed by atoms with E-state index in [1.54, 1.807) is 11.8 Å². The van der Waals surface area contributed by atoms with Gasteiger partial charge in [-0.2, -0.15) is 11.8 Å². The Morgan fingerprint density at radius 1 is 1.24 bits per heavy atom. The van der Waals surface area contributed by atoms with Gasteiger partial charge < -0.3 is 20.7 Å². The van der Waals surface area contributed by atoms with Gasteiger partial charge in [-0.1, -0.05) is 38.5 Å². The highest BCUT2D eigenvalue weighted by Gasteiger charge is 2.32. The van der Waals surface area contributed by atoms with E-state index in [4.69, 9.17) is 4.74 Å². The summed E-state index contributed by atoms with van der Waals surface area (Å²) >= 11 is 1.59. The fourth-order valence-corrected chi connectivity index (χ4v) is 4.92. The van der Waals surface area contributed by atoms with Crippen molar-refractivity contribution >= 4 is 35.5 Å². The summed E-state index contributed by atoms with van der Waals surface area (Å²) in [7, 11) is 1.31. The van der Waals surface area contributed by atoms with Crippen LogP contribution in [0.2, 0.25) is 0 Å². The van der Waals surface area contributed by atoms with Gasteiger partial charge in [0.2, 0.25) is 17.7 Å². The highest BCUT2D eigenvalue weighted by molar-refractivity contribution is 7.98. The fourth-order valence-electron chi connectivity index (χ4n) is 4.45. The standard InChI is InChI=1S/C28H44N4O5S/c1-7-18(2)15-24(31-27(35)22-11-12-25(33)29-22)32(16-21-10-8-9-19(3)20(21)4)17-26(34)30-23(13-14-38-6)28(36)37-5/h8-10,18,22-24H,7,11-17H2,1-6H3,(H,29,33)(H,30,34)(H,31,35)/t18-,22-,23-,24?/m0/s1. The number of carbonyl (C=O) groups is 4. The monoisotopic (exact) mass is 548 g/mol. The van der Waals surface area contributed by atoms with Crippen molar-refractivity contribution in [3.8, 4) is 0 Å². The lowest BCUT2D eigenvalue weighted by atomic mass is 9.99. The molecule has 0 aromatic heterocycles. The maximum Gasteiger partial charge on any atom is 0.328 e. The predicted molar refractivity (Wildman–Crippen MR) is 150 cm³/mol. The molecule has 2 rings (SSSR count). The van der Waals surface area contributed by atoms with Crippen LogP contribution in [0.15, 0.2) is 18.2 Å². The van der Waals surface area contributed by atoms with Gasteiger partial charge in [0, 0.05) is 13.0 Å². The van der Waals surface area contributed by atoms with Crippen molar-refractivity contribution in [2.45, 2.75) is 84.6 Å². The number of amides is 3. The Kier molecular flexibility index (Phi) is 13.1. The lowest BCUT2D eigenvalue weighted by molar-refractivity contribution is -0.145. The lowest BCUT2D eigenvalue weighted by Crippen LogP contribution is -2.56. The van der Waals surface area contributed by atoms with E-state index in [0.29, 0.717) is 38.0 Å². The number of carbonyl (C=O) groups excluding carboxylic acids is 4. The summed E-state index contributed by atoms with van der Waals surface area (Å²) in [5.74, 6) is -0.185. The summed E-state index contributed by atoms with van der Waals surface area (Å²) in [6.07, 6.45) is 4.29. The maximum atomic E-state index is 13.3. The van der Waals surface area contributed by atoms with Crippen molar-refractivity contribution in [1.29, 1.82) is 0 Å². The SMILES string of the molecule is CC[C@H](C)CC(NC(=O)[C@@H]1CCC(=O)N1)N(CC(=O)N[C@@H](CCSC)C(=O)OC)Cc1cccc(C)c1C. The van der Waals surface area contributed by atoms with Crippen LogP contribution in [0.4, 0.5) is 0 Å². The number of hydrogen-bond acceptors (Lipinski definition) is 7. The summed E-state index contributed by atoms with van der Waals surface area (Å²) in [5.41, 5.74) is 3.33. The number of esters is 1. The third kappa shape index (κ3) is 9.62. The normalized spacial score (nSPS) is 17.4. The topological polar surface area (TPSA) is 117 Å². The quantitative estimate of drug-likeness (QED) is 0.228. The van der Waals surface area contributed by atoms with Crippen LogP contribution in [0, 0.1) is 19.8 Å². The third-order valence-electron chi connectivity index (χ3n) is 7.25. The Hall–Kier alpha value is -2.59. The number of methoxy groups -OCH3 is 1. The second-order valence-corrected chi connectivity index (χ2v) is 11.1. The Bertz CT molecular complexity index is 973. The molecule has 3 amide bonds. The van der Waals surface area contributed by atoms with Crippen LogP contribution < -0.4 is 16.0 Å². The van der Waals surface area contributed by atoms with Crippen LogP contribution in [0.3, 0.4) is 0 Å². The zero-order valence-electron chi connectivity index (χ0n) is 23.6. The summed E-state index contributed by atoms with van der Waals surface area (Å²) in [4.78, 5) is 52.4. The van der Waals surface area contributed by atoms with E-state index in [2.05, 4.69) is 36.7 Å². The zero-order valence-corrected chi connectivity index (χ0v) is 24.4. The van der Waals surface area contributed by atoms with E-state index in [1.807, 2.05) is 36.3 Å². The molecule has 0 saturated carbocycles.